The molecule has 0 aliphatic rings. The number of fused-ring (bicyclic) bond motifs is 1. The van der Waals surface area contributed by atoms with Gasteiger partial charge in [0, 0.05) is 28.7 Å². The Balaban J connectivity index is 1.54. The molecule has 1 aromatic heterocycles. The summed E-state index contributed by atoms with van der Waals surface area (Å²) in [4.78, 5) is 12.8. The Morgan fingerprint density at radius 3 is 2.67 bits per heavy atom. The van der Waals surface area contributed by atoms with E-state index in [-0.39, 0.29) is 11.7 Å². The minimum atomic E-state index is -0.346. The van der Waals surface area contributed by atoms with Gasteiger partial charge in [0.1, 0.15) is 17.9 Å². The maximum Gasteiger partial charge on any atom is 0.291 e. The van der Waals surface area contributed by atoms with Crippen molar-refractivity contribution in [2.24, 2.45) is 0 Å². The van der Waals surface area contributed by atoms with Crippen LogP contribution < -0.4 is 15.8 Å². The van der Waals surface area contributed by atoms with E-state index in [1.807, 2.05) is 48.5 Å². The van der Waals surface area contributed by atoms with Crippen LogP contribution in [0.3, 0.4) is 0 Å². The van der Waals surface area contributed by atoms with Gasteiger partial charge < -0.3 is 20.2 Å². The molecule has 0 bridgehead atoms. The van der Waals surface area contributed by atoms with Gasteiger partial charge in [-0.25, -0.2) is 0 Å². The van der Waals surface area contributed by atoms with Crippen LogP contribution in [-0.4, -0.2) is 11.8 Å². The van der Waals surface area contributed by atoms with Crippen LogP contribution in [0.2, 0.25) is 0 Å². The number of hydrogen-bond donors (Lipinski definition) is 2. The first kappa shape index (κ1) is 19.9. The molecule has 0 spiro atoms. The highest BCUT2D eigenvalue weighted by Crippen LogP contribution is 2.27. The van der Waals surface area contributed by atoms with Crippen molar-refractivity contribution in [2.75, 3.05) is 16.9 Å². The zero-order chi connectivity index (χ0) is 20.9. The molecule has 5 nitrogen and oxygen atoms in total. The highest BCUT2D eigenvalue weighted by molar-refractivity contribution is 6.18. The number of aryl methyl sites for hydroxylation is 1. The summed E-state index contributed by atoms with van der Waals surface area (Å²) in [5.41, 5.74) is 9.66. The number of benzene rings is 3. The monoisotopic (exact) mass is 420 g/mol. The molecular weight excluding hydrogens is 400 g/mol. The van der Waals surface area contributed by atoms with Crippen molar-refractivity contribution in [2.45, 2.75) is 13.0 Å². The Labute approximate surface area is 179 Å². The second-order valence-corrected chi connectivity index (χ2v) is 7.27. The van der Waals surface area contributed by atoms with Gasteiger partial charge in [-0.3, -0.25) is 4.79 Å². The molecule has 3 aromatic carbocycles. The normalized spacial score (nSPS) is 10.8. The van der Waals surface area contributed by atoms with Crippen molar-refractivity contribution < 1.29 is 13.9 Å². The van der Waals surface area contributed by atoms with E-state index in [0.29, 0.717) is 41.6 Å². The van der Waals surface area contributed by atoms with Gasteiger partial charge in [0.2, 0.25) is 0 Å². The number of anilines is 2. The molecule has 0 saturated heterocycles. The zero-order valence-corrected chi connectivity index (χ0v) is 17.0. The fourth-order valence-corrected chi connectivity index (χ4v) is 3.38. The lowest BCUT2D eigenvalue weighted by molar-refractivity contribution is 0.0998. The number of carbonyl (C=O) groups is 1. The van der Waals surface area contributed by atoms with Crippen molar-refractivity contribution in [1.82, 2.24) is 0 Å². The Kier molecular flexibility index (Phi) is 5.91. The van der Waals surface area contributed by atoms with Crippen LogP contribution in [-0.2, 0) is 13.0 Å². The number of nitrogens with two attached hydrogens (primary N) is 1. The number of halogens is 1. The number of furan rings is 1. The third kappa shape index (κ3) is 4.58. The van der Waals surface area contributed by atoms with E-state index < -0.39 is 0 Å². The quantitative estimate of drug-likeness (QED) is 0.300. The summed E-state index contributed by atoms with van der Waals surface area (Å²) in [6.07, 6.45) is 0.618. The number of nitrogen functional groups attached to an aromatic ring is 1. The van der Waals surface area contributed by atoms with E-state index in [4.69, 9.17) is 26.5 Å². The predicted octanol–water partition coefficient (Wildman–Crippen LogP) is 5.63. The standard InChI is InChI=1S/C24H21ClN2O3/c25-11-10-17-6-8-20(29-15-16-4-2-1-3-5-16)14-21(17)27-24(28)23-13-18-12-19(26)7-9-22(18)30-23/h1-9,12-14H,10-11,15,26H2,(H,27,28). The van der Waals surface area contributed by atoms with Crippen molar-refractivity contribution in [3.8, 4) is 5.75 Å². The first-order valence-electron chi connectivity index (χ1n) is 9.58. The molecule has 1 amide bonds. The van der Waals surface area contributed by atoms with Gasteiger partial charge in [-0.05, 0) is 47.9 Å². The average molecular weight is 421 g/mol. The number of ether oxygens (including phenoxy) is 1. The summed E-state index contributed by atoms with van der Waals surface area (Å²) in [5, 5.41) is 3.70. The zero-order valence-electron chi connectivity index (χ0n) is 16.2. The molecule has 0 unspecified atom stereocenters. The van der Waals surface area contributed by atoms with E-state index in [1.54, 1.807) is 24.3 Å². The van der Waals surface area contributed by atoms with Gasteiger partial charge in [0.15, 0.2) is 5.76 Å². The topological polar surface area (TPSA) is 77.5 Å². The summed E-state index contributed by atoms with van der Waals surface area (Å²) in [6, 6.07) is 22.4. The molecule has 3 N–H and O–H groups in total. The van der Waals surface area contributed by atoms with Crippen molar-refractivity contribution >= 4 is 39.9 Å². The van der Waals surface area contributed by atoms with Crippen LogP contribution in [0.25, 0.3) is 11.0 Å². The van der Waals surface area contributed by atoms with Crippen LogP contribution in [0.5, 0.6) is 5.75 Å². The number of rotatable bonds is 7. The molecule has 30 heavy (non-hydrogen) atoms. The lowest BCUT2D eigenvalue weighted by Gasteiger charge is -2.13. The molecule has 6 heteroatoms. The second-order valence-electron chi connectivity index (χ2n) is 6.89. The van der Waals surface area contributed by atoms with Gasteiger partial charge in [-0.1, -0.05) is 36.4 Å². The maximum atomic E-state index is 12.8. The first-order valence-corrected chi connectivity index (χ1v) is 10.1. The largest absolute Gasteiger partial charge is 0.489 e. The van der Waals surface area contributed by atoms with E-state index in [2.05, 4.69) is 5.32 Å². The highest BCUT2D eigenvalue weighted by Gasteiger charge is 2.15. The second kappa shape index (κ2) is 8.93. The molecule has 4 aromatic rings. The van der Waals surface area contributed by atoms with E-state index in [9.17, 15) is 4.79 Å². The molecule has 0 atom stereocenters. The number of alkyl halides is 1. The fourth-order valence-electron chi connectivity index (χ4n) is 3.18. The fraction of sp³-hybridized carbons (Fsp3) is 0.125. The van der Waals surface area contributed by atoms with E-state index >= 15 is 0 Å². The predicted molar refractivity (Wildman–Crippen MR) is 120 cm³/mol. The van der Waals surface area contributed by atoms with Gasteiger partial charge in [0.25, 0.3) is 5.91 Å². The lowest BCUT2D eigenvalue weighted by Crippen LogP contribution is -2.13. The summed E-state index contributed by atoms with van der Waals surface area (Å²) < 4.78 is 11.6. The third-order valence-electron chi connectivity index (χ3n) is 4.71. The molecule has 0 saturated carbocycles. The minimum absolute atomic E-state index is 0.211. The number of nitrogens with one attached hydrogen (secondary N) is 1. The first-order chi connectivity index (χ1) is 14.6. The van der Waals surface area contributed by atoms with Crippen LogP contribution in [0, 0.1) is 0 Å². The summed E-state index contributed by atoms with van der Waals surface area (Å²) in [5.74, 6) is 0.963. The Bertz CT molecular complexity index is 1170. The number of carbonyl (C=O) groups excluding carboxylic acids is 1. The number of hydrogen-bond acceptors (Lipinski definition) is 4. The summed E-state index contributed by atoms with van der Waals surface area (Å²) in [7, 11) is 0. The van der Waals surface area contributed by atoms with Crippen molar-refractivity contribution in [1.29, 1.82) is 0 Å². The Morgan fingerprint density at radius 2 is 1.87 bits per heavy atom. The highest BCUT2D eigenvalue weighted by atomic mass is 35.5. The van der Waals surface area contributed by atoms with Crippen molar-refractivity contribution in [3.63, 3.8) is 0 Å². The Hall–Kier alpha value is -3.44. The molecular formula is C24H21ClN2O3. The third-order valence-corrected chi connectivity index (χ3v) is 4.89. The van der Waals surface area contributed by atoms with Gasteiger partial charge in [-0.2, -0.15) is 0 Å². The number of amides is 1. The molecule has 1 heterocycles. The van der Waals surface area contributed by atoms with E-state index in [1.165, 1.54) is 0 Å². The molecule has 152 valence electrons. The van der Waals surface area contributed by atoms with Gasteiger partial charge in [0.05, 0.1) is 0 Å². The minimum Gasteiger partial charge on any atom is -0.489 e. The average Bonchev–Trinajstić information content (AvgIpc) is 3.18. The summed E-state index contributed by atoms with van der Waals surface area (Å²) in [6.45, 7) is 0.439. The van der Waals surface area contributed by atoms with Gasteiger partial charge >= 0.3 is 0 Å². The Morgan fingerprint density at radius 1 is 1.03 bits per heavy atom. The van der Waals surface area contributed by atoms with Gasteiger partial charge in [-0.15, -0.1) is 11.6 Å². The maximum absolute atomic E-state index is 12.8. The molecule has 0 aliphatic heterocycles. The van der Waals surface area contributed by atoms with Crippen molar-refractivity contribution in [3.05, 3.63) is 89.7 Å². The van der Waals surface area contributed by atoms with Crippen LogP contribution in [0.1, 0.15) is 21.7 Å². The smallest absolute Gasteiger partial charge is 0.291 e. The SMILES string of the molecule is Nc1ccc2oc(C(=O)Nc3cc(OCc4ccccc4)ccc3CCCl)cc2c1. The van der Waals surface area contributed by atoms with Crippen LogP contribution >= 0.6 is 11.6 Å². The molecule has 4 rings (SSSR count). The molecule has 0 fully saturated rings. The summed E-state index contributed by atoms with van der Waals surface area (Å²) >= 11 is 5.94. The van der Waals surface area contributed by atoms with Crippen LogP contribution in [0.15, 0.2) is 77.2 Å². The van der Waals surface area contributed by atoms with E-state index in [0.717, 1.165) is 16.5 Å². The van der Waals surface area contributed by atoms with Crippen LogP contribution in [0.4, 0.5) is 11.4 Å². The molecule has 0 radical (unpaired) electrons. The lowest BCUT2D eigenvalue weighted by atomic mass is 10.1. The molecule has 0 aliphatic carbocycles.